The molecule has 0 saturated carbocycles. The second-order valence-corrected chi connectivity index (χ2v) is 8.91. The van der Waals surface area contributed by atoms with Crippen molar-refractivity contribution in [1.82, 2.24) is 5.32 Å². The maximum absolute atomic E-state index is 12.9. The number of hydrogen-bond donors (Lipinski definition) is 1. The van der Waals surface area contributed by atoms with Crippen LogP contribution in [0.25, 0.3) is 0 Å². The summed E-state index contributed by atoms with van der Waals surface area (Å²) < 4.78 is 25.8. The van der Waals surface area contributed by atoms with Crippen LogP contribution in [0.5, 0.6) is 0 Å². The highest BCUT2D eigenvalue weighted by molar-refractivity contribution is 7.92. The Bertz CT molecular complexity index is 904. The maximum atomic E-state index is 12.9. The predicted octanol–water partition coefficient (Wildman–Crippen LogP) is 4.42. The molecular weight excluding hydrogens is 407 g/mol. The summed E-state index contributed by atoms with van der Waals surface area (Å²) in [4.78, 5) is 12.9. The Morgan fingerprint density at radius 1 is 1.15 bits per heavy atom. The number of anilines is 1. The smallest absolute Gasteiger partial charge is 0.244 e. The van der Waals surface area contributed by atoms with Crippen LogP contribution in [0.1, 0.15) is 31.9 Å². The molecule has 0 unspecified atom stereocenters. The molecule has 2 aromatic carbocycles. The Labute approximate surface area is 170 Å². The maximum Gasteiger partial charge on any atom is 0.244 e. The van der Waals surface area contributed by atoms with Crippen molar-refractivity contribution in [3.63, 3.8) is 0 Å². The van der Waals surface area contributed by atoms with Gasteiger partial charge in [0.25, 0.3) is 0 Å². The molecule has 1 N–H and O–H groups in total. The minimum atomic E-state index is -3.78. The number of sulfonamides is 1. The van der Waals surface area contributed by atoms with E-state index in [2.05, 4.69) is 5.32 Å². The van der Waals surface area contributed by atoms with Gasteiger partial charge in [0.05, 0.1) is 23.0 Å². The molecule has 8 heteroatoms. The molecule has 2 rings (SSSR count). The van der Waals surface area contributed by atoms with Crippen molar-refractivity contribution in [1.29, 1.82) is 0 Å². The number of amides is 1. The Morgan fingerprint density at radius 2 is 1.78 bits per heavy atom. The van der Waals surface area contributed by atoms with E-state index in [-0.39, 0.29) is 16.8 Å². The molecule has 2 aromatic rings. The van der Waals surface area contributed by atoms with Gasteiger partial charge in [-0.05, 0) is 37.1 Å². The lowest BCUT2D eigenvalue weighted by Crippen LogP contribution is -2.48. The molecule has 0 radical (unpaired) electrons. The highest BCUT2D eigenvalue weighted by atomic mass is 35.5. The number of carbonyl (C=O) groups is 1. The van der Waals surface area contributed by atoms with Gasteiger partial charge in [0.1, 0.15) is 6.04 Å². The van der Waals surface area contributed by atoms with E-state index in [0.29, 0.717) is 11.4 Å². The average molecular weight is 429 g/mol. The zero-order chi connectivity index (χ0) is 20.2. The monoisotopic (exact) mass is 428 g/mol. The van der Waals surface area contributed by atoms with E-state index in [1.807, 2.05) is 37.3 Å². The number of rotatable bonds is 7. The molecule has 0 heterocycles. The van der Waals surface area contributed by atoms with Gasteiger partial charge in [-0.3, -0.25) is 9.10 Å². The number of halogens is 2. The first-order valence-corrected chi connectivity index (χ1v) is 11.0. The number of benzene rings is 2. The topological polar surface area (TPSA) is 66.5 Å². The molecular formula is C19H22Cl2N2O3S. The number of nitrogens with zero attached hydrogens (tertiary/aromatic N) is 1. The van der Waals surface area contributed by atoms with Crippen molar-refractivity contribution < 1.29 is 13.2 Å². The fraction of sp³-hybridized carbons (Fsp3) is 0.316. The van der Waals surface area contributed by atoms with Gasteiger partial charge in [-0.1, -0.05) is 60.5 Å². The molecule has 0 aromatic heterocycles. The van der Waals surface area contributed by atoms with E-state index in [4.69, 9.17) is 23.2 Å². The number of carbonyl (C=O) groups excluding carboxylic acids is 1. The summed E-state index contributed by atoms with van der Waals surface area (Å²) in [6.07, 6.45) is 1.70. The lowest BCUT2D eigenvalue weighted by molar-refractivity contribution is -0.122. The number of nitrogens with one attached hydrogen (secondary N) is 1. The summed E-state index contributed by atoms with van der Waals surface area (Å²) in [6.45, 7) is 3.47. The van der Waals surface area contributed by atoms with Gasteiger partial charge < -0.3 is 5.32 Å². The molecule has 1 amide bonds. The standard InChI is InChI=1S/C19H22Cl2N2O3S/c1-4-17(14-8-6-5-7-9-14)22-19(24)13(2)23(27(3,25)26)18-12-15(20)10-11-16(18)21/h5-13,17H,4H2,1-3H3,(H,22,24)/t13-,17-/m0/s1. The van der Waals surface area contributed by atoms with Crippen molar-refractivity contribution >= 4 is 44.8 Å². The van der Waals surface area contributed by atoms with Crippen LogP contribution >= 0.6 is 23.2 Å². The molecule has 0 fully saturated rings. The van der Waals surface area contributed by atoms with Gasteiger partial charge in [0.2, 0.25) is 15.9 Å². The molecule has 0 spiro atoms. The third kappa shape index (κ3) is 5.37. The second kappa shape index (κ2) is 8.95. The number of hydrogen-bond acceptors (Lipinski definition) is 3. The molecule has 0 aliphatic carbocycles. The van der Waals surface area contributed by atoms with Crippen LogP contribution in [0.4, 0.5) is 5.69 Å². The van der Waals surface area contributed by atoms with Gasteiger partial charge in [0, 0.05) is 5.02 Å². The van der Waals surface area contributed by atoms with E-state index in [1.165, 1.54) is 19.1 Å². The summed E-state index contributed by atoms with van der Waals surface area (Å²) in [5.74, 6) is -0.424. The third-order valence-corrected chi connectivity index (χ3v) is 5.94. The Balaban J connectivity index is 2.34. The van der Waals surface area contributed by atoms with E-state index in [9.17, 15) is 13.2 Å². The van der Waals surface area contributed by atoms with E-state index in [0.717, 1.165) is 16.1 Å². The van der Waals surface area contributed by atoms with Gasteiger partial charge in [-0.15, -0.1) is 0 Å². The van der Waals surface area contributed by atoms with Crippen LogP contribution in [0, 0.1) is 0 Å². The summed E-state index contributed by atoms with van der Waals surface area (Å²) in [5.41, 5.74) is 1.12. The van der Waals surface area contributed by atoms with Crippen molar-refractivity contribution in [2.45, 2.75) is 32.4 Å². The highest BCUT2D eigenvalue weighted by Gasteiger charge is 2.31. The second-order valence-electron chi connectivity index (χ2n) is 6.21. The van der Waals surface area contributed by atoms with Gasteiger partial charge in [0.15, 0.2) is 0 Å². The zero-order valence-electron chi connectivity index (χ0n) is 15.3. The van der Waals surface area contributed by atoms with Gasteiger partial charge in [-0.2, -0.15) is 0 Å². The van der Waals surface area contributed by atoms with Crippen LogP contribution in [0.2, 0.25) is 10.0 Å². The van der Waals surface area contributed by atoms with Crippen molar-refractivity contribution in [2.75, 3.05) is 10.6 Å². The van der Waals surface area contributed by atoms with Gasteiger partial charge in [-0.25, -0.2) is 8.42 Å². The molecule has 0 bridgehead atoms. The summed E-state index contributed by atoms with van der Waals surface area (Å²) in [6, 6.07) is 12.8. The first kappa shape index (κ1) is 21.5. The van der Waals surface area contributed by atoms with Crippen LogP contribution < -0.4 is 9.62 Å². The summed E-state index contributed by atoms with van der Waals surface area (Å²) in [5, 5.41) is 3.44. The van der Waals surface area contributed by atoms with E-state index >= 15 is 0 Å². The Morgan fingerprint density at radius 3 is 2.33 bits per heavy atom. The van der Waals surface area contributed by atoms with Crippen LogP contribution in [-0.4, -0.2) is 26.6 Å². The minimum absolute atomic E-state index is 0.169. The molecule has 27 heavy (non-hydrogen) atoms. The van der Waals surface area contributed by atoms with Crippen molar-refractivity contribution in [3.05, 3.63) is 64.1 Å². The molecule has 0 saturated heterocycles. The highest BCUT2D eigenvalue weighted by Crippen LogP contribution is 2.32. The van der Waals surface area contributed by atoms with Crippen LogP contribution in [-0.2, 0) is 14.8 Å². The summed E-state index contributed by atoms with van der Waals surface area (Å²) >= 11 is 12.2. The van der Waals surface area contributed by atoms with E-state index in [1.54, 1.807) is 6.07 Å². The Hall–Kier alpha value is -1.76. The van der Waals surface area contributed by atoms with E-state index < -0.39 is 22.0 Å². The van der Waals surface area contributed by atoms with Crippen molar-refractivity contribution in [2.24, 2.45) is 0 Å². The molecule has 146 valence electrons. The quantitative estimate of drug-likeness (QED) is 0.709. The third-order valence-electron chi connectivity index (χ3n) is 4.16. The lowest BCUT2D eigenvalue weighted by atomic mass is 10.0. The fourth-order valence-corrected chi connectivity index (χ4v) is 4.44. The predicted molar refractivity (Wildman–Crippen MR) is 111 cm³/mol. The zero-order valence-corrected chi connectivity index (χ0v) is 17.6. The molecule has 0 aliphatic heterocycles. The summed E-state index contributed by atoms with van der Waals surface area (Å²) in [7, 11) is -3.78. The van der Waals surface area contributed by atoms with Gasteiger partial charge >= 0.3 is 0 Å². The molecule has 2 atom stereocenters. The Kier molecular flexibility index (Phi) is 7.14. The SMILES string of the molecule is CC[C@H](NC(=O)[C@H](C)N(c1cc(Cl)ccc1Cl)S(C)(=O)=O)c1ccccc1. The first-order chi connectivity index (χ1) is 12.6. The first-order valence-electron chi connectivity index (χ1n) is 8.45. The molecule has 0 aliphatic rings. The normalized spacial score (nSPS) is 13.7. The average Bonchev–Trinajstić information content (AvgIpc) is 2.62. The van der Waals surface area contributed by atoms with Crippen LogP contribution in [0.3, 0.4) is 0 Å². The van der Waals surface area contributed by atoms with Crippen molar-refractivity contribution in [3.8, 4) is 0 Å². The fourth-order valence-electron chi connectivity index (χ4n) is 2.83. The largest absolute Gasteiger partial charge is 0.347 e. The van der Waals surface area contributed by atoms with Crippen LogP contribution in [0.15, 0.2) is 48.5 Å². The lowest BCUT2D eigenvalue weighted by Gasteiger charge is -2.30. The molecule has 5 nitrogen and oxygen atoms in total. The minimum Gasteiger partial charge on any atom is -0.347 e.